The highest BCUT2D eigenvalue weighted by Gasteiger charge is 2.31. The minimum atomic E-state index is -4.43. The third-order valence-electron chi connectivity index (χ3n) is 2.76. The Hall–Kier alpha value is -1.26. The van der Waals surface area contributed by atoms with Crippen LogP contribution in [0.3, 0.4) is 0 Å². The molecule has 16 heavy (non-hydrogen) atoms. The first-order valence-corrected chi connectivity index (χ1v) is 5.10. The van der Waals surface area contributed by atoms with Gasteiger partial charge in [-0.3, -0.25) is 0 Å². The average Bonchev–Trinajstić information content (AvgIpc) is 2.11. The third kappa shape index (κ3) is 2.28. The Morgan fingerprint density at radius 3 is 2.38 bits per heavy atom. The van der Waals surface area contributed by atoms with Gasteiger partial charge in [-0.15, -0.1) is 0 Å². The molecule has 1 aromatic carbocycles. The van der Waals surface area contributed by atoms with Crippen LogP contribution in [0.15, 0.2) is 18.2 Å². The number of hydrogen-bond acceptors (Lipinski definition) is 1. The van der Waals surface area contributed by atoms with Crippen LogP contribution in [-0.4, -0.2) is 6.04 Å². The van der Waals surface area contributed by atoms with Gasteiger partial charge in [-0.05, 0) is 37.5 Å². The normalized spacial score (nSPS) is 17.0. The van der Waals surface area contributed by atoms with Crippen molar-refractivity contribution in [1.29, 1.82) is 0 Å². The van der Waals surface area contributed by atoms with E-state index in [4.69, 9.17) is 0 Å². The zero-order chi connectivity index (χ0) is 11.8. The molecule has 0 radical (unpaired) electrons. The van der Waals surface area contributed by atoms with Crippen LogP contribution >= 0.6 is 0 Å². The van der Waals surface area contributed by atoms with Gasteiger partial charge in [0.05, 0.1) is 11.3 Å². The summed E-state index contributed by atoms with van der Waals surface area (Å²) in [4.78, 5) is 0. The predicted molar refractivity (Wildman–Crippen MR) is 52.7 cm³/mol. The maximum absolute atomic E-state index is 13.2. The summed E-state index contributed by atoms with van der Waals surface area (Å²) < 4.78 is 50.4. The summed E-state index contributed by atoms with van der Waals surface area (Å²) in [6.07, 6.45) is -1.62. The monoisotopic (exact) mass is 233 g/mol. The van der Waals surface area contributed by atoms with Crippen molar-refractivity contribution in [3.63, 3.8) is 0 Å². The van der Waals surface area contributed by atoms with E-state index in [-0.39, 0.29) is 11.7 Å². The summed E-state index contributed by atoms with van der Waals surface area (Å²) in [6.45, 7) is 0. The van der Waals surface area contributed by atoms with Crippen LogP contribution in [0, 0.1) is 5.82 Å². The van der Waals surface area contributed by atoms with Gasteiger partial charge in [0.1, 0.15) is 5.82 Å². The summed E-state index contributed by atoms with van der Waals surface area (Å²) >= 11 is 0. The quantitative estimate of drug-likeness (QED) is 0.766. The summed E-state index contributed by atoms with van der Waals surface area (Å²) in [5.41, 5.74) is -0.879. The van der Waals surface area contributed by atoms with Gasteiger partial charge in [0.25, 0.3) is 0 Å². The number of anilines is 1. The van der Waals surface area contributed by atoms with Gasteiger partial charge < -0.3 is 5.32 Å². The molecule has 0 unspecified atom stereocenters. The molecule has 0 saturated heterocycles. The third-order valence-corrected chi connectivity index (χ3v) is 2.76. The van der Waals surface area contributed by atoms with Crippen LogP contribution < -0.4 is 5.32 Å². The lowest BCUT2D eigenvalue weighted by Crippen LogP contribution is -2.27. The van der Waals surface area contributed by atoms with Crippen molar-refractivity contribution < 1.29 is 17.6 Å². The van der Waals surface area contributed by atoms with Crippen LogP contribution in [0.2, 0.25) is 0 Å². The molecule has 0 amide bonds. The van der Waals surface area contributed by atoms with Crippen LogP contribution in [0.4, 0.5) is 23.2 Å². The smallest absolute Gasteiger partial charge is 0.380 e. The predicted octanol–water partition coefficient (Wildman–Crippen LogP) is 3.81. The minimum absolute atomic E-state index is 0.0560. The van der Waals surface area contributed by atoms with Crippen LogP contribution in [-0.2, 0) is 6.18 Å². The Bertz CT molecular complexity index is 382. The van der Waals surface area contributed by atoms with Crippen molar-refractivity contribution in [3.8, 4) is 0 Å². The molecule has 0 heterocycles. The second-order valence-electron chi connectivity index (χ2n) is 3.96. The van der Waals surface area contributed by atoms with Gasteiger partial charge in [0.2, 0.25) is 0 Å². The number of halogens is 4. The van der Waals surface area contributed by atoms with E-state index >= 15 is 0 Å². The zero-order valence-corrected chi connectivity index (χ0v) is 8.44. The first-order chi connectivity index (χ1) is 7.47. The van der Waals surface area contributed by atoms with Gasteiger partial charge in [-0.25, -0.2) is 4.39 Å². The van der Waals surface area contributed by atoms with E-state index in [0.29, 0.717) is 0 Å². The molecule has 0 bridgehead atoms. The maximum Gasteiger partial charge on any atom is 0.416 e. The molecule has 88 valence electrons. The largest absolute Gasteiger partial charge is 0.416 e. The number of benzene rings is 1. The first kappa shape index (κ1) is 11.2. The standard InChI is InChI=1S/C11H11F4N/c12-9-5-4-7(11(13,14)15)6-10(9)16-8-2-1-3-8/h4-6,8,16H,1-3H2. The fraction of sp³-hybridized carbons (Fsp3) is 0.455. The van der Waals surface area contributed by atoms with Crippen molar-refractivity contribution in [2.24, 2.45) is 0 Å². The highest BCUT2D eigenvalue weighted by atomic mass is 19.4. The molecule has 1 fully saturated rings. The number of alkyl halides is 3. The van der Waals surface area contributed by atoms with Crippen LogP contribution in [0.5, 0.6) is 0 Å². The molecule has 1 saturated carbocycles. The molecule has 0 spiro atoms. The van der Waals surface area contributed by atoms with Crippen molar-refractivity contribution in [3.05, 3.63) is 29.6 Å². The molecule has 1 N–H and O–H groups in total. The van der Waals surface area contributed by atoms with Gasteiger partial charge in [-0.2, -0.15) is 13.2 Å². The number of rotatable bonds is 2. The summed E-state index contributed by atoms with van der Waals surface area (Å²) in [5, 5.41) is 2.78. The minimum Gasteiger partial charge on any atom is -0.380 e. The molecule has 1 aliphatic carbocycles. The Kier molecular flexibility index (Phi) is 2.78. The fourth-order valence-corrected chi connectivity index (χ4v) is 1.58. The Morgan fingerprint density at radius 1 is 1.19 bits per heavy atom. The molecule has 2 rings (SSSR count). The first-order valence-electron chi connectivity index (χ1n) is 5.10. The van der Waals surface area contributed by atoms with Crippen molar-refractivity contribution >= 4 is 5.69 Å². The summed E-state index contributed by atoms with van der Waals surface area (Å²) in [5.74, 6) is -0.639. The van der Waals surface area contributed by atoms with Crippen molar-refractivity contribution in [2.75, 3.05) is 5.32 Å². The van der Waals surface area contributed by atoms with Crippen molar-refractivity contribution in [2.45, 2.75) is 31.5 Å². The molecule has 0 aliphatic heterocycles. The van der Waals surface area contributed by atoms with Gasteiger partial charge in [0.15, 0.2) is 0 Å². The van der Waals surface area contributed by atoms with E-state index in [1.807, 2.05) is 0 Å². The number of hydrogen-bond donors (Lipinski definition) is 1. The lowest BCUT2D eigenvalue weighted by molar-refractivity contribution is -0.137. The van der Waals surface area contributed by atoms with Gasteiger partial charge in [-0.1, -0.05) is 0 Å². The van der Waals surface area contributed by atoms with Crippen molar-refractivity contribution in [1.82, 2.24) is 0 Å². The van der Waals surface area contributed by atoms with E-state index < -0.39 is 17.6 Å². The molecule has 0 aromatic heterocycles. The maximum atomic E-state index is 13.2. The molecule has 1 nitrogen and oxygen atoms in total. The number of nitrogens with one attached hydrogen (secondary N) is 1. The highest BCUT2D eigenvalue weighted by molar-refractivity contribution is 5.49. The van der Waals surface area contributed by atoms with E-state index in [2.05, 4.69) is 5.32 Å². The van der Waals surface area contributed by atoms with Gasteiger partial charge in [0, 0.05) is 6.04 Å². The second-order valence-corrected chi connectivity index (χ2v) is 3.96. The topological polar surface area (TPSA) is 12.0 Å². The Morgan fingerprint density at radius 2 is 1.88 bits per heavy atom. The van der Waals surface area contributed by atoms with Crippen LogP contribution in [0.25, 0.3) is 0 Å². The fourth-order valence-electron chi connectivity index (χ4n) is 1.58. The lowest BCUT2D eigenvalue weighted by Gasteiger charge is -2.28. The van der Waals surface area contributed by atoms with Crippen LogP contribution in [0.1, 0.15) is 24.8 Å². The molecule has 0 atom stereocenters. The molecule has 1 aliphatic rings. The molecule has 5 heteroatoms. The van der Waals surface area contributed by atoms with E-state index in [1.54, 1.807) is 0 Å². The molecular formula is C11H11F4N. The van der Waals surface area contributed by atoms with Gasteiger partial charge >= 0.3 is 6.18 Å². The van der Waals surface area contributed by atoms with E-state index in [9.17, 15) is 17.6 Å². The Labute approximate surface area is 90.5 Å². The summed E-state index contributed by atoms with van der Waals surface area (Å²) in [6, 6.07) is 2.54. The lowest BCUT2D eigenvalue weighted by atomic mass is 9.93. The average molecular weight is 233 g/mol. The Balaban J connectivity index is 2.21. The van der Waals surface area contributed by atoms with E-state index in [1.165, 1.54) is 0 Å². The SMILES string of the molecule is Fc1ccc(C(F)(F)F)cc1NC1CCC1. The highest BCUT2D eigenvalue weighted by Crippen LogP contribution is 2.33. The summed E-state index contributed by atoms with van der Waals surface area (Å²) in [7, 11) is 0. The molecular weight excluding hydrogens is 222 g/mol. The second kappa shape index (κ2) is 3.96. The van der Waals surface area contributed by atoms with E-state index in [0.717, 1.165) is 37.5 Å². The zero-order valence-electron chi connectivity index (χ0n) is 8.44. The molecule has 1 aromatic rings.